The molecule has 1 amide bonds. The van der Waals surface area contributed by atoms with Gasteiger partial charge in [0.25, 0.3) is 5.56 Å². The van der Waals surface area contributed by atoms with E-state index in [2.05, 4.69) is 4.74 Å². The topological polar surface area (TPSA) is 92.4 Å². The fraction of sp³-hybridized carbons (Fsp3) is 0.222. The number of methoxy groups -OCH3 is 1. The van der Waals surface area contributed by atoms with Crippen LogP contribution < -0.4 is 5.56 Å². The molecule has 0 unspecified atom stereocenters. The largest absolute Gasteiger partial charge is 0.465 e. The third-order valence-electron chi connectivity index (χ3n) is 3.82. The number of rotatable bonds is 5. The van der Waals surface area contributed by atoms with Gasteiger partial charge in [0.1, 0.15) is 24.0 Å². The van der Waals surface area contributed by atoms with Gasteiger partial charge in [0, 0.05) is 30.4 Å². The van der Waals surface area contributed by atoms with E-state index in [-0.39, 0.29) is 28.3 Å². The van der Waals surface area contributed by atoms with E-state index >= 15 is 0 Å². The average Bonchev–Trinajstić information content (AvgIpc) is 2.65. The van der Waals surface area contributed by atoms with E-state index in [1.807, 2.05) is 0 Å². The van der Waals surface area contributed by atoms with Crippen molar-refractivity contribution in [3.05, 3.63) is 68.3 Å². The van der Waals surface area contributed by atoms with Crippen LogP contribution in [-0.4, -0.2) is 35.5 Å². The Bertz CT molecular complexity index is 977. The van der Waals surface area contributed by atoms with Gasteiger partial charge in [-0.2, -0.15) is 5.26 Å². The first-order valence-electron chi connectivity index (χ1n) is 7.68. The number of halogens is 2. The fourth-order valence-electron chi connectivity index (χ4n) is 2.34. The minimum absolute atomic E-state index is 0.0405. The summed E-state index contributed by atoms with van der Waals surface area (Å²) in [7, 11) is 2.58. The van der Waals surface area contributed by atoms with Gasteiger partial charge < -0.3 is 14.2 Å². The van der Waals surface area contributed by atoms with E-state index < -0.39 is 29.8 Å². The van der Waals surface area contributed by atoms with Crippen molar-refractivity contribution in [2.45, 2.75) is 13.1 Å². The Morgan fingerprint density at radius 1 is 1.41 bits per heavy atom. The molecule has 0 aliphatic heterocycles. The molecule has 1 aromatic carbocycles. The molecule has 27 heavy (non-hydrogen) atoms. The van der Waals surface area contributed by atoms with Crippen molar-refractivity contribution in [1.29, 1.82) is 5.26 Å². The fourth-order valence-corrected chi connectivity index (χ4v) is 2.56. The monoisotopic (exact) mass is 391 g/mol. The van der Waals surface area contributed by atoms with Gasteiger partial charge in [-0.15, -0.1) is 0 Å². The number of hydrogen-bond acceptors (Lipinski definition) is 5. The van der Waals surface area contributed by atoms with Crippen LogP contribution in [0.5, 0.6) is 0 Å². The predicted octanol–water partition coefficient (Wildman–Crippen LogP) is 1.96. The van der Waals surface area contributed by atoms with E-state index in [9.17, 15) is 18.8 Å². The summed E-state index contributed by atoms with van der Waals surface area (Å²) < 4.78 is 19.4. The number of carbonyl (C=O) groups excluding carboxylic acids is 2. The van der Waals surface area contributed by atoms with Gasteiger partial charge in [-0.1, -0.05) is 17.7 Å². The first-order chi connectivity index (χ1) is 12.8. The van der Waals surface area contributed by atoms with Crippen LogP contribution in [0.2, 0.25) is 5.02 Å². The number of aromatic nitrogens is 1. The molecule has 0 aliphatic carbocycles. The molecule has 0 spiro atoms. The Labute approximate surface area is 159 Å². The number of benzene rings is 1. The highest BCUT2D eigenvalue weighted by Crippen LogP contribution is 2.20. The predicted molar refractivity (Wildman–Crippen MR) is 94.6 cm³/mol. The van der Waals surface area contributed by atoms with E-state index in [1.165, 1.54) is 30.1 Å². The van der Waals surface area contributed by atoms with Crippen molar-refractivity contribution in [3.63, 3.8) is 0 Å². The number of ether oxygens (including phenoxy) is 1. The van der Waals surface area contributed by atoms with E-state index in [0.29, 0.717) is 0 Å². The van der Waals surface area contributed by atoms with Crippen LogP contribution in [0.25, 0.3) is 0 Å². The molecular weight excluding hydrogens is 377 g/mol. The van der Waals surface area contributed by atoms with Crippen molar-refractivity contribution in [2.75, 3.05) is 14.2 Å². The number of amides is 1. The summed E-state index contributed by atoms with van der Waals surface area (Å²) in [5, 5.41) is 9.23. The molecule has 0 bridgehead atoms. The molecule has 0 radical (unpaired) electrons. The SMILES string of the molecule is COC(=O)c1cc(C#N)c(=O)n(CC(=O)N(C)Cc2c(F)cccc2Cl)c1. The Kier molecular flexibility index (Phi) is 6.32. The summed E-state index contributed by atoms with van der Waals surface area (Å²) in [4.78, 5) is 37.5. The van der Waals surface area contributed by atoms with E-state index in [0.717, 1.165) is 23.9 Å². The van der Waals surface area contributed by atoms with Crippen LogP contribution in [0.4, 0.5) is 4.39 Å². The number of nitrogens with zero attached hydrogens (tertiary/aromatic N) is 3. The summed E-state index contributed by atoms with van der Waals surface area (Å²) in [6.45, 7) is -0.554. The number of likely N-dealkylation sites (N-methyl/N-ethyl adjacent to an activating group) is 1. The highest BCUT2D eigenvalue weighted by atomic mass is 35.5. The van der Waals surface area contributed by atoms with E-state index in [1.54, 1.807) is 6.07 Å². The summed E-state index contributed by atoms with van der Waals surface area (Å²) in [5.74, 6) is -1.85. The zero-order valence-electron chi connectivity index (χ0n) is 14.5. The number of nitriles is 1. The second kappa shape index (κ2) is 8.47. The van der Waals surface area contributed by atoms with Gasteiger partial charge in [0.05, 0.1) is 12.7 Å². The zero-order valence-corrected chi connectivity index (χ0v) is 15.3. The Morgan fingerprint density at radius 3 is 2.70 bits per heavy atom. The van der Waals surface area contributed by atoms with Crippen LogP contribution in [0, 0.1) is 17.1 Å². The van der Waals surface area contributed by atoms with Crippen LogP contribution in [0.1, 0.15) is 21.5 Å². The first kappa shape index (κ1) is 20.1. The van der Waals surface area contributed by atoms with Gasteiger partial charge in [0.15, 0.2) is 0 Å². The van der Waals surface area contributed by atoms with Crippen molar-refractivity contribution < 1.29 is 18.7 Å². The summed E-state index contributed by atoms with van der Waals surface area (Å²) in [6, 6.07) is 6.95. The molecule has 0 fully saturated rings. The molecule has 7 nitrogen and oxygen atoms in total. The van der Waals surface area contributed by atoms with Gasteiger partial charge >= 0.3 is 5.97 Å². The number of esters is 1. The van der Waals surface area contributed by atoms with Crippen LogP contribution >= 0.6 is 11.6 Å². The maximum Gasteiger partial charge on any atom is 0.339 e. The third kappa shape index (κ3) is 4.51. The minimum atomic E-state index is -0.751. The Balaban J connectivity index is 2.28. The molecule has 0 saturated heterocycles. The Morgan fingerprint density at radius 2 is 2.11 bits per heavy atom. The third-order valence-corrected chi connectivity index (χ3v) is 4.17. The highest BCUT2D eigenvalue weighted by Gasteiger charge is 2.18. The lowest BCUT2D eigenvalue weighted by Crippen LogP contribution is -2.34. The smallest absolute Gasteiger partial charge is 0.339 e. The van der Waals surface area contributed by atoms with Crippen LogP contribution in [0.3, 0.4) is 0 Å². The molecular formula is C18H15ClFN3O4. The number of hydrogen-bond donors (Lipinski definition) is 0. The quantitative estimate of drug-likeness (QED) is 0.726. The molecule has 0 N–H and O–H groups in total. The molecule has 2 rings (SSSR count). The molecule has 1 aromatic heterocycles. The Hall–Kier alpha value is -3.18. The average molecular weight is 392 g/mol. The molecule has 2 aromatic rings. The molecule has 140 valence electrons. The molecule has 9 heteroatoms. The van der Waals surface area contributed by atoms with Gasteiger partial charge in [-0.3, -0.25) is 9.59 Å². The second-order valence-corrected chi connectivity index (χ2v) is 6.04. The second-order valence-electron chi connectivity index (χ2n) is 5.63. The first-order valence-corrected chi connectivity index (χ1v) is 8.06. The lowest BCUT2D eigenvalue weighted by molar-refractivity contribution is -0.131. The molecule has 1 heterocycles. The summed E-state index contributed by atoms with van der Waals surface area (Å²) in [5.41, 5.74) is -0.925. The minimum Gasteiger partial charge on any atom is -0.465 e. The standard InChI is InChI=1S/C18H15ClFN3O4/c1-22(9-13-14(19)4-3-5-15(13)20)16(24)10-23-8-12(18(26)27-2)6-11(7-21)17(23)25/h3-6,8H,9-10H2,1-2H3. The van der Waals surface area contributed by atoms with Crippen molar-refractivity contribution in [3.8, 4) is 6.07 Å². The number of pyridine rings is 1. The molecule has 0 atom stereocenters. The maximum absolute atomic E-state index is 13.9. The summed E-state index contributed by atoms with van der Waals surface area (Å²) >= 11 is 5.95. The number of carbonyl (C=O) groups is 2. The van der Waals surface area contributed by atoms with E-state index in [4.69, 9.17) is 16.9 Å². The van der Waals surface area contributed by atoms with Crippen LogP contribution in [0.15, 0.2) is 35.3 Å². The van der Waals surface area contributed by atoms with Crippen molar-refractivity contribution in [1.82, 2.24) is 9.47 Å². The van der Waals surface area contributed by atoms with Crippen LogP contribution in [-0.2, 0) is 22.6 Å². The van der Waals surface area contributed by atoms with Gasteiger partial charge in [-0.05, 0) is 18.2 Å². The van der Waals surface area contributed by atoms with Gasteiger partial charge in [0.2, 0.25) is 5.91 Å². The van der Waals surface area contributed by atoms with Crippen molar-refractivity contribution >= 4 is 23.5 Å². The van der Waals surface area contributed by atoms with Crippen molar-refractivity contribution in [2.24, 2.45) is 0 Å². The summed E-state index contributed by atoms with van der Waals surface area (Å²) in [6.07, 6.45) is 1.14. The highest BCUT2D eigenvalue weighted by molar-refractivity contribution is 6.31. The maximum atomic E-state index is 13.9. The lowest BCUT2D eigenvalue weighted by atomic mass is 10.2. The lowest BCUT2D eigenvalue weighted by Gasteiger charge is -2.19. The molecule has 0 aliphatic rings. The van der Waals surface area contributed by atoms with Gasteiger partial charge in [-0.25, -0.2) is 9.18 Å². The zero-order chi connectivity index (χ0) is 20.1. The molecule has 0 saturated carbocycles. The normalized spacial score (nSPS) is 10.2.